The number of fused-ring (bicyclic) bond motifs is 1. The third-order valence-corrected chi connectivity index (χ3v) is 2.78. The SMILES string of the molecule is C=CCNCC1=C(O)C(=O)c2ccccc2C1=O. The van der Waals surface area contributed by atoms with Gasteiger partial charge in [0.25, 0.3) is 0 Å². The Balaban J connectivity index is 2.37. The van der Waals surface area contributed by atoms with Gasteiger partial charge in [-0.25, -0.2) is 0 Å². The number of aliphatic hydroxyl groups excluding tert-OH is 1. The predicted octanol–water partition coefficient (Wildman–Crippen LogP) is 1.65. The average molecular weight is 243 g/mol. The summed E-state index contributed by atoms with van der Waals surface area (Å²) in [5.74, 6) is -1.27. The van der Waals surface area contributed by atoms with Gasteiger partial charge in [-0.2, -0.15) is 0 Å². The van der Waals surface area contributed by atoms with Crippen molar-refractivity contribution in [1.29, 1.82) is 0 Å². The number of ketones is 2. The highest BCUT2D eigenvalue weighted by molar-refractivity contribution is 6.26. The molecule has 92 valence electrons. The molecular formula is C14H13NO3. The van der Waals surface area contributed by atoms with Gasteiger partial charge in [0.1, 0.15) is 0 Å². The molecule has 0 unspecified atom stereocenters. The van der Waals surface area contributed by atoms with E-state index in [1.54, 1.807) is 30.3 Å². The molecule has 0 atom stereocenters. The van der Waals surface area contributed by atoms with Crippen LogP contribution in [-0.4, -0.2) is 29.8 Å². The van der Waals surface area contributed by atoms with Crippen LogP contribution in [0.15, 0.2) is 48.3 Å². The molecule has 0 amide bonds. The molecule has 0 aromatic heterocycles. The van der Waals surface area contributed by atoms with Crippen molar-refractivity contribution >= 4 is 11.6 Å². The number of carbonyl (C=O) groups is 2. The third-order valence-electron chi connectivity index (χ3n) is 2.78. The first-order valence-corrected chi connectivity index (χ1v) is 5.59. The van der Waals surface area contributed by atoms with Crippen molar-refractivity contribution in [1.82, 2.24) is 5.32 Å². The largest absolute Gasteiger partial charge is 0.504 e. The molecule has 0 heterocycles. The van der Waals surface area contributed by atoms with Gasteiger partial charge < -0.3 is 10.4 Å². The lowest BCUT2D eigenvalue weighted by Gasteiger charge is -2.17. The van der Waals surface area contributed by atoms with E-state index in [-0.39, 0.29) is 23.5 Å². The van der Waals surface area contributed by atoms with Crippen molar-refractivity contribution in [2.45, 2.75) is 0 Å². The molecule has 0 spiro atoms. The minimum absolute atomic E-state index is 0.112. The quantitative estimate of drug-likeness (QED) is 0.623. The van der Waals surface area contributed by atoms with Gasteiger partial charge in [-0.15, -0.1) is 6.58 Å². The van der Waals surface area contributed by atoms with E-state index in [9.17, 15) is 14.7 Å². The van der Waals surface area contributed by atoms with E-state index in [0.29, 0.717) is 12.1 Å². The van der Waals surface area contributed by atoms with Crippen molar-refractivity contribution in [3.8, 4) is 0 Å². The summed E-state index contributed by atoms with van der Waals surface area (Å²) in [4.78, 5) is 24.0. The number of Topliss-reactive ketones (excluding diaryl/α,β-unsaturated/α-hetero) is 2. The van der Waals surface area contributed by atoms with E-state index in [4.69, 9.17) is 0 Å². The van der Waals surface area contributed by atoms with Crippen LogP contribution in [0.1, 0.15) is 20.7 Å². The standard InChI is InChI=1S/C14H13NO3/c1-2-7-15-8-11-12(16)9-5-3-4-6-10(9)13(17)14(11)18/h2-6,15,18H,1,7-8H2. The number of benzene rings is 1. The van der Waals surface area contributed by atoms with E-state index in [1.165, 1.54) is 0 Å². The molecular weight excluding hydrogens is 230 g/mol. The van der Waals surface area contributed by atoms with Crippen LogP contribution in [-0.2, 0) is 0 Å². The van der Waals surface area contributed by atoms with Crippen LogP contribution in [0.5, 0.6) is 0 Å². The summed E-state index contributed by atoms with van der Waals surface area (Å²) in [6, 6.07) is 6.49. The Bertz CT molecular complexity index is 558. The Morgan fingerprint density at radius 3 is 2.39 bits per heavy atom. The Morgan fingerprint density at radius 2 is 1.78 bits per heavy atom. The molecule has 0 aliphatic heterocycles. The average Bonchev–Trinajstić information content (AvgIpc) is 2.40. The van der Waals surface area contributed by atoms with E-state index < -0.39 is 11.5 Å². The summed E-state index contributed by atoms with van der Waals surface area (Å²) >= 11 is 0. The highest BCUT2D eigenvalue weighted by Crippen LogP contribution is 2.24. The number of rotatable bonds is 4. The number of hydrogen-bond donors (Lipinski definition) is 2. The van der Waals surface area contributed by atoms with Gasteiger partial charge in [0.15, 0.2) is 11.5 Å². The molecule has 1 aromatic rings. The van der Waals surface area contributed by atoms with Crippen LogP contribution in [0, 0.1) is 0 Å². The Kier molecular flexibility index (Phi) is 3.39. The lowest BCUT2D eigenvalue weighted by Crippen LogP contribution is -2.29. The van der Waals surface area contributed by atoms with Crippen LogP contribution in [0.3, 0.4) is 0 Å². The zero-order valence-corrected chi connectivity index (χ0v) is 9.77. The Morgan fingerprint density at radius 1 is 1.17 bits per heavy atom. The first-order chi connectivity index (χ1) is 8.66. The van der Waals surface area contributed by atoms with Crippen molar-refractivity contribution in [3.05, 3.63) is 59.4 Å². The van der Waals surface area contributed by atoms with Crippen molar-refractivity contribution in [2.75, 3.05) is 13.1 Å². The second-order valence-corrected chi connectivity index (χ2v) is 3.95. The highest BCUT2D eigenvalue weighted by Gasteiger charge is 2.31. The van der Waals surface area contributed by atoms with Crippen LogP contribution in [0.4, 0.5) is 0 Å². The fourth-order valence-corrected chi connectivity index (χ4v) is 1.88. The molecule has 1 aliphatic rings. The molecule has 2 rings (SSSR count). The van der Waals surface area contributed by atoms with Gasteiger partial charge in [0.2, 0.25) is 5.78 Å². The van der Waals surface area contributed by atoms with Crippen LogP contribution in [0.2, 0.25) is 0 Å². The van der Waals surface area contributed by atoms with E-state index >= 15 is 0 Å². The number of carbonyl (C=O) groups excluding carboxylic acids is 2. The molecule has 0 fully saturated rings. The zero-order valence-electron chi connectivity index (χ0n) is 9.77. The lowest BCUT2D eigenvalue weighted by molar-refractivity contribution is 0.0927. The van der Waals surface area contributed by atoms with Gasteiger partial charge in [0, 0.05) is 24.2 Å². The highest BCUT2D eigenvalue weighted by atomic mass is 16.3. The molecule has 1 aliphatic carbocycles. The van der Waals surface area contributed by atoms with E-state index in [2.05, 4.69) is 11.9 Å². The molecule has 0 radical (unpaired) electrons. The van der Waals surface area contributed by atoms with Gasteiger partial charge in [0.05, 0.1) is 5.57 Å². The summed E-state index contributed by atoms with van der Waals surface area (Å²) in [5.41, 5.74) is 0.712. The van der Waals surface area contributed by atoms with Crippen LogP contribution >= 0.6 is 0 Å². The molecule has 0 bridgehead atoms. The third kappa shape index (κ3) is 1.98. The summed E-state index contributed by atoms with van der Waals surface area (Å²) < 4.78 is 0. The summed E-state index contributed by atoms with van der Waals surface area (Å²) in [6.07, 6.45) is 1.64. The smallest absolute Gasteiger partial charge is 0.228 e. The summed E-state index contributed by atoms with van der Waals surface area (Å²) in [5, 5.41) is 12.7. The minimum Gasteiger partial charge on any atom is -0.504 e. The number of aliphatic hydroxyl groups is 1. The normalized spacial score (nSPS) is 14.7. The van der Waals surface area contributed by atoms with Gasteiger partial charge in [-0.3, -0.25) is 9.59 Å². The second kappa shape index (κ2) is 4.98. The molecule has 1 aromatic carbocycles. The Hall–Kier alpha value is -2.20. The fraction of sp³-hybridized carbons (Fsp3) is 0.143. The van der Waals surface area contributed by atoms with Gasteiger partial charge in [-0.1, -0.05) is 30.3 Å². The molecule has 0 saturated carbocycles. The predicted molar refractivity (Wildman–Crippen MR) is 67.8 cm³/mol. The minimum atomic E-state index is -0.499. The van der Waals surface area contributed by atoms with Crippen molar-refractivity contribution in [3.63, 3.8) is 0 Å². The summed E-state index contributed by atoms with van der Waals surface area (Å²) in [6.45, 7) is 4.19. The van der Waals surface area contributed by atoms with Gasteiger partial charge >= 0.3 is 0 Å². The molecule has 18 heavy (non-hydrogen) atoms. The fourth-order valence-electron chi connectivity index (χ4n) is 1.88. The number of allylic oxidation sites excluding steroid dienone is 1. The molecule has 0 saturated heterocycles. The maximum Gasteiger partial charge on any atom is 0.228 e. The van der Waals surface area contributed by atoms with Crippen LogP contribution in [0.25, 0.3) is 0 Å². The van der Waals surface area contributed by atoms with E-state index in [0.717, 1.165) is 0 Å². The lowest BCUT2D eigenvalue weighted by atomic mass is 9.88. The first kappa shape index (κ1) is 12.3. The maximum absolute atomic E-state index is 12.1. The topological polar surface area (TPSA) is 66.4 Å². The number of hydrogen-bond acceptors (Lipinski definition) is 4. The maximum atomic E-state index is 12.1. The molecule has 4 heteroatoms. The van der Waals surface area contributed by atoms with Crippen LogP contribution < -0.4 is 5.32 Å². The molecule has 4 nitrogen and oxygen atoms in total. The Labute approximate surface area is 105 Å². The van der Waals surface area contributed by atoms with E-state index in [1.807, 2.05) is 0 Å². The summed E-state index contributed by atoms with van der Waals surface area (Å²) in [7, 11) is 0. The van der Waals surface area contributed by atoms with Crippen molar-refractivity contribution in [2.24, 2.45) is 0 Å². The first-order valence-electron chi connectivity index (χ1n) is 5.59. The van der Waals surface area contributed by atoms with Crippen molar-refractivity contribution < 1.29 is 14.7 Å². The zero-order chi connectivity index (χ0) is 13.1. The number of nitrogens with one attached hydrogen (secondary N) is 1. The second-order valence-electron chi connectivity index (χ2n) is 3.95. The molecule has 2 N–H and O–H groups in total. The van der Waals surface area contributed by atoms with Gasteiger partial charge in [-0.05, 0) is 0 Å². The monoisotopic (exact) mass is 243 g/mol.